The highest BCUT2D eigenvalue weighted by Crippen LogP contribution is 2.20. The van der Waals surface area contributed by atoms with Gasteiger partial charge in [0.25, 0.3) is 0 Å². The topological polar surface area (TPSA) is 52.6 Å². The van der Waals surface area contributed by atoms with Crippen molar-refractivity contribution in [2.45, 2.75) is 26.1 Å². The molecular formula is C20H20O4. The molecule has 0 aliphatic heterocycles. The Morgan fingerprint density at radius 2 is 1.46 bits per heavy atom. The van der Waals surface area contributed by atoms with Crippen LogP contribution in [-0.4, -0.2) is 18.0 Å². The SMILES string of the molecule is CC(C)OC(=O)[C@@H](OC(=O)/C=C/c1ccccc1)c1ccccc1. The van der Waals surface area contributed by atoms with E-state index in [-0.39, 0.29) is 6.10 Å². The quantitative estimate of drug-likeness (QED) is 0.596. The fraction of sp³-hybridized carbons (Fsp3) is 0.200. The zero-order chi connectivity index (χ0) is 17.4. The monoisotopic (exact) mass is 324 g/mol. The molecule has 0 aromatic heterocycles. The summed E-state index contributed by atoms with van der Waals surface area (Å²) in [5.41, 5.74) is 1.44. The molecule has 0 amide bonds. The summed E-state index contributed by atoms with van der Waals surface area (Å²) in [6.07, 6.45) is 1.57. The van der Waals surface area contributed by atoms with Gasteiger partial charge in [0.1, 0.15) is 0 Å². The summed E-state index contributed by atoms with van der Waals surface area (Å²) in [4.78, 5) is 24.3. The first-order valence-corrected chi connectivity index (χ1v) is 7.75. The minimum Gasteiger partial charge on any atom is -0.460 e. The summed E-state index contributed by atoms with van der Waals surface area (Å²) in [5, 5.41) is 0. The highest BCUT2D eigenvalue weighted by molar-refractivity contribution is 5.89. The van der Waals surface area contributed by atoms with Crippen LogP contribution in [-0.2, 0) is 19.1 Å². The van der Waals surface area contributed by atoms with E-state index in [9.17, 15) is 9.59 Å². The molecule has 4 heteroatoms. The van der Waals surface area contributed by atoms with Gasteiger partial charge < -0.3 is 9.47 Å². The number of esters is 2. The van der Waals surface area contributed by atoms with Gasteiger partial charge in [0.2, 0.25) is 6.10 Å². The van der Waals surface area contributed by atoms with E-state index in [4.69, 9.17) is 9.47 Å². The summed E-state index contributed by atoms with van der Waals surface area (Å²) >= 11 is 0. The van der Waals surface area contributed by atoms with Gasteiger partial charge in [0.05, 0.1) is 6.10 Å². The van der Waals surface area contributed by atoms with Crippen LogP contribution in [0.5, 0.6) is 0 Å². The van der Waals surface area contributed by atoms with E-state index < -0.39 is 18.0 Å². The van der Waals surface area contributed by atoms with Gasteiger partial charge >= 0.3 is 11.9 Å². The van der Waals surface area contributed by atoms with Gasteiger partial charge in [0.15, 0.2) is 0 Å². The van der Waals surface area contributed by atoms with Crippen LogP contribution in [0.2, 0.25) is 0 Å². The zero-order valence-electron chi connectivity index (χ0n) is 13.7. The molecule has 1 atom stereocenters. The maximum Gasteiger partial charge on any atom is 0.352 e. The molecule has 124 valence electrons. The summed E-state index contributed by atoms with van der Waals surface area (Å²) < 4.78 is 10.5. The van der Waals surface area contributed by atoms with E-state index in [1.54, 1.807) is 44.2 Å². The lowest BCUT2D eigenvalue weighted by atomic mass is 10.1. The maximum atomic E-state index is 12.2. The third kappa shape index (κ3) is 5.39. The molecule has 0 bridgehead atoms. The van der Waals surface area contributed by atoms with E-state index in [1.807, 2.05) is 36.4 Å². The average Bonchev–Trinajstić information content (AvgIpc) is 2.59. The first-order valence-electron chi connectivity index (χ1n) is 7.75. The number of hydrogen-bond acceptors (Lipinski definition) is 4. The van der Waals surface area contributed by atoms with Crippen LogP contribution in [0.1, 0.15) is 31.1 Å². The van der Waals surface area contributed by atoms with Crippen molar-refractivity contribution in [1.82, 2.24) is 0 Å². The van der Waals surface area contributed by atoms with Crippen LogP contribution >= 0.6 is 0 Å². The van der Waals surface area contributed by atoms with Gasteiger partial charge in [-0.2, -0.15) is 0 Å². The molecule has 2 aromatic carbocycles. The zero-order valence-corrected chi connectivity index (χ0v) is 13.7. The second-order valence-corrected chi connectivity index (χ2v) is 5.46. The van der Waals surface area contributed by atoms with Crippen molar-refractivity contribution in [1.29, 1.82) is 0 Å². The molecule has 0 fully saturated rings. The Morgan fingerprint density at radius 1 is 0.875 bits per heavy atom. The Hall–Kier alpha value is -2.88. The Morgan fingerprint density at radius 3 is 2.04 bits per heavy atom. The number of carbonyl (C=O) groups excluding carboxylic acids is 2. The minimum absolute atomic E-state index is 0.290. The highest BCUT2D eigenvalue weighted by atomic mass is 16.6. The van der Waals surface area contributed by atoms with E-state index in [0.29, 0.717) is 5.56 Å². The predicted octanol–water partition coefficient (Wildman–Crippen LogP) is 3.94. The molecule has 0 heterocycles. The van der Waals surface area contributed by atoms with Crippen molar-refractivity contribution in [2.24, 2.45) is 0 Å². The van der Waals surface area contributed by atoms with Gasteiger partial charge in [-0.15, -0.1) is 0 Å². The smallest absolute Gasteiger partial charge is 0.352 e. The third-order valence-electron chi connectivity index (χ3n) is 3.11. The second-order valence-electron chi connectivity index (χ2n) is 5.46. The van der Waals surface area contributed by atoms with Crippen molar-refractivity contribution in [2.75, 3.05) is 0 Å². The number of rotatable bonds is 6. The van der Waals surface area contributed by atoms with Gasteiger partial charge in [-0.05, 0) is 25.5 Å². The molecule has 2 aromatic rings. The van der Waals surface area contributed by atoms with Crippen molar-refractivity contribution in [3.8, 4) is 0 Å². The molecule has 0 aliphatic rings. The van der Waals surface area contributed by atoms with Crippen LogP contribution in [0.4, 0.5) is 0 Å². The Labute approximate surface area is 141 Å². The number of benzene rings is 2. The summed E-state index contributed by atoms with van der Waals surface area (Å²) in [5.74, 6) is -1.19. The van der Waals surface area contributed by atoms with Crippen molar-refractivity contribution in [3.63, 3.8) is 0 Å². The highest BCUT2D eigenvalue weighted by Gasteiger charge is 2.26. The van der Waals surface area contributed by atoms with Gasteiger partial charge in [-0.1, -0.05) is 60.7 Å². The molecule has 0 saturated heterocycles. The van der Waals surface area contributed by atoms with Crippen LogP contribution in [0.3, 0.4) is 0 Å². The Balaban J connectivity index is 2.11. The molecule has 0 saturated carbocycles. The van der Waals surface area contributed by atoms with Crippen molar-refractivity contribution >= 4 is 18.0 Å². The fourth-order valence-electron chi connectivity index (χ4n) is 2.06. The molecule has 4 nitrogen and oxygen atoms in total. The second kappa shape index (κ2) is 8.67. The van der Waals surface area contributed by atoms with Crippen LogP contribution in [0.15, 0.2) is 66.7 Å². The van der Waals surface area contributed by atoms with Gasteiger partial charge in [-0.3, -0.25) is 0 Å². The van der Waals surface area contributed by atoms with E-state index >= 15 is 0 Å². The van der Waals surface area contributed by atoms with E-state index in [0.717, 1.165) is 5.56 Å². The molecule has 0 spiro atoms. The largest absolute Gasteiger partial charge is 0.460 e. The van der Waals surface area contributed by atoms with Crippen molar-refractivity contribution < 1.29 is 19.1 Å². The molecule has 2 rings (SSSR count). The molecule has 0 radical (unpaired) electrons. The van der Waals surface area contributed by atoms with Crippen LogP contribution < -0.4 is 0 Å². The Kier molecular flexibility index (Phi) is 6.32. The molecule has 0 aliphatic carbocycles. The average molecular weight is 324 g/mol. The van der Waals surface area contributed by atoms with Gasteiger partial charge in [0, 0.05) is 11.6 Å². The summed E-state index contributed by atoms with van der Waals surface area (Å²) in [6, 6.07) is 18.2. The number of hydrogen-bond donors (Lipinski definition) is 0. The van der Waals surface area contributed by atoms with E-state index in [1.165, 1.54) is 6.08 Å². The normalized spacial score (nSPS) is 12.1. The lowest BCUT2D eigenvalue weighted by Crippen LogP contribution is -2.23. The lowest BCUT2D eigenvalue weighted by molar-refractivity contribution is -0.168. The predicted molar refractivity (Wildman–Crippen MR) is 92.0 cm³/mol. The molecule has 24 heavy (non-hydrogen) atoms. The van der Waals surface area contributed by atoms with E-state index in [2.05, 4.69) is 0 Å². The first kappa shape index (κ1) is 17.5. The number of ether oxygens (including phenoxy) is 2. The summed E-state index contributed by atoms with van der Waals surface area (Å²) in [6.45, 7) is 3.49. The van der Waals surface area contributed by atoms with Crippen LogP contribution in [0.25, 0.3) is 6.08 Å². The van der Waals surface area contributed by atoms with Gasteiger partial charge in [-0.25, -0.2) is 9.59 Å². The van der Waals surface area contributed by atoms with Crippen molar-refractivity contribution in [3.05, 3.63) is 77.9 Å². The van der Waals surface area contributed by atoms with Crippen LogP contribution in [0, 0.1) is 0 Å². The molecular weight excluding hydrogens is 304 g/mol. The summed E-state index contributed by atoms with van der Waals surface area (Å²) in [7, 11) is 0. The first-order chi connectivity index (χ1) is 11.6. The maximum absolute atomic E-state index is 12.2. The third-order valence-corrected chi connectivity index (χ3v) is 3.11. The molecule has 0 unspecified atom stereocenters. The standard InChI is InChI=1S/C20H20O4/c1-15(2)23-20(22)19(17-11-7-4-8-12-17)24-18(21)14-13-16-9-5-3-6-10-16/h3-15,19H,1-2H3/b14-13+/t19-/m0/s1. The minimum atomic E-state index is -1.08. The lowest BCUT2D eigenvalue weighted by Gasteiger charge is -2.18. The fourth-order valence-corrected chi connectivity index (χ4v) is 2.06. The Bertz CT molecular complexity index is 690. The molecule has 0 N–H and O–H groups in total. The number of carbonyl (C=O) groups is 2.